The van der Waals surface area contributed by atoms with Gasteiger partial charge in [0.2, 0.25) is 5.91 Å². The first-order valence-electron chi connectivity index (χ1n) is 8.02. The maximum Gasteiger partial charge on any atom is 0.311 e. The van der Waals surface area contributed by atoms with Crippen molar-refractivity contribution in [2.24, 2.45) is 0 Å². The summed E-state index contributed by atoms with van der Waals surface area (Å²) in [6, 6.07) is 10.4. The van der Waals surface area contributed by atoms with Gasteiger partial charge in [-0.25, -0.2) is 4.98 Å². The number of hydrogen-bond acceptors (Lipinski definition) is 7. The summed E-state index contributed by atoms with van der Waals surface area (Å²) in [5.74, 6) is 0.842. The van der Waals surface area contributed by atoms with E-state index in [9.17, 15) is 14.9 Å². The number of aryl methyl sites for hydroxylation is 1. The zero-order valence-electron chi connectivity index (χ0n) is 14.7. The van der Waals surface area contributed by atoms with Crippen molar-refractivity contribution in [3.63, 3.8) is 0 Å². The van der Waals surface area contributed by atoms with Crippen molar-refractivity contribution in [1.29, 1.82) is 0 Å². The molecule has 1 amide bonds. The topological polar surface area (TPSA) is 94.4 Å². The Hall–Kier alpha value is -2.65. The predicted octanol–water partition coefficient (Wildman–Crippen LogP) is 4.39. The number of carbonyl (C=O) groups excluding carboxylic acids is 1. The summed E-state index contributed by atoms with van der Waals surface area (Å²) in [5, 5.41) is 14.9. The van der Waals surface area contributed by atoms with Crippen molar-refractivity contribution in [3.8, 4) is 5.75 Å². The Morgan fingerprint density at radius 1 is 1.33 bits per heavy atom. The third-order valence-electron chi connectivity index (χ3n) is 3.72. The molecule has 1 N–H and O–H groups in total. The molecule has 0 aliphatic heterocycles. The van der Waals surface area contributed by atoms with Gasteiger partial charge < -0.3 is 10.1 Å². The number of carbonyl (C=O) groups is 1. The van der Waals surface area contributed by atoms with Gasteiger partial charge in [0.05, 0.1) is 33.0 Å². The lowest BCUT2D eigenvalue weighted by Gasteiger charge is -2.06. The summed E-state index contributed by atoms with van der Waals surface area (Å²) in [6.45, 7) is 1.95. The molecule has 0 saturated carbocycles. The number of anilines is 1. The molecule has 0 radical (unpaired) electrons. The highest BCUT2D eigenvalue weighted by Crippen LogP contribution is 2.29. The summed E-state index contributed by atoms with van der Waals surface area (Å²) in [7, 11) is 1.39. The fourth-order valence-corrected chi connectivity index (χ4v) is 4.19. The summed E-state index contributed by atoms with van der Waals surface area (Å²) in [6.07, 6.45) is 0. The molecule has 1 aromatic heterocycles. The van der Waals surface area contributed by atoms with Crippen molar-refractivity contribution >= 4 is 50.6 Å². The molecule has 0 saturated heterocycles. The van der Waals surface area contributed by atoms with Gasteiger partial charge in [-0.3, -0.25) is 14.9 Å². The van der Waals surface area contributed by atoms with Crippen molar-refractivity contribution in [2.45, 2.75) is 12.7 Å². The number of methoxy groups -OCH3 is 1. The molecule has 2 aromatic carbocycles. The van der Waals surface area contributed by atoms with E-state index in [1.807, 2.05) is 25.1 Å². The lowest BCUT2D eigenvalue weighted by atomic mass is 10.2. The molecule has 1 heterocycles. The van der Waals surface area contributed by atoms with E-state index in [0.717, 1.165) is 26.5 Å². The zero-order chi connectivity index (χ0) is 19.4. The molecule has 0 fully saturated rings. The van der Waals surface area contributed by atoms with Crippen molar-refractivity contribution in [3.05, 3.63) is 57.1 Å². The second kappa shape index (κ2) is 8.36. The minimum absolute atomic E-state index is 0.0757. The Balaban J connectivity index is 1.56. The molecule has 3 aromatic rings. The first kappa shape index (κ1) is 19.1. The number of nitrogens with one attached hydrogen (secondary N) is 1. The number of thioether (sulfide) groups is 1. The normalized spacial score (nSPS) is 10.7. The van der Waals surface area contributed by atoms with E-state index >= 15 is 0 Å². The Morgan fingerprint density at radius 2 is 2.15 bits per heavy atom. The van der Waals surface area contributed by atoms with Crippen LogP contribution < -0.4 is 10.1 Å². The van der Waals surface area contributed by atoms with Gasteiger partial charge in [0.15, 0.2) is 5.75 Å². The lowest BCUT2D eigenvalue weighted by Crippen LogP contribution is -2.14. The largest absolute Gasteiger partial charge is 0.490 e. The molecule has 0 aliphatic rings. The third-order valence-corrected chi connectivity index (χ3v) is 5.66. The van der Waals surface area contributed by atoms with Gasteiger partial charge in [-0.2, -0.15) is 0 Å². The number of amides is 1. The SMILES string of the molecule is COc1ccc(CSCC(=O)Nc2ccc3nc(C)sc3c2)cc1[N+](=O)[O-]. The predicted molar refractivity (Wildman–Crippen MR) is 109 cm³/mol. The molecule has 140 valence electrons. The third kappa shape index (κ3) is 4.75. The first-order valence-corrected chi connectivity index (χ1v) is 9.99. The molecule has 0 atom stereocenters. The zero-order valence-corrected chi connectivity index (χ0v) is 16.4. The minimum atomic E-state index is -0.475. The van der Waals surface area contributed by atoms with Gasteiger partial charge in [0.25, 0.3) is 0 Å². The van der Waals surface area contributed by atoms with Crippen LogP contribution in [0.3, 0.4) is 0 Å². The smallest absolute Gasteiger partial charge is 0.311 e. The van der Waals surface area contributed by atoms with Crippen molar-refractivity contribution < 1.29 is 14.5 Å². The van der Waals surface area contributed by atoms with Crippen LogP contribution in [0.25, 0.3) is 10.2 Å². The van der Waals surface area contributed by atoms with Crippen molar-refractivity contribution in [1.82, 2.24) is 4.98 Å². The molecule has 3 rings (SSSR count). The van der Waals surface area contributed by atoms with E-state index in [-0.39, 0.29) is 23.1 Å². The Morgan fingerprint density at radius 3 is 2.89 bits per heavy atom. The number of benzene rings is 2. The maximum atomic E-state index is 12.1. The number of nitro benzene ring substituents is 1. The molecule has 0 aliphatic carbocycles. The molecule has 7 nitrogen and oxygen atoms in total. The summed E-state index contributed by atoms with van der Waals surface area (Å²) >= 11 is 2.97. The van der Waals surface area contributed by atoms with Crippen LogP contribution in [0.4, 0.5) is 11.4 Å². The number of aromatic nitrogens is 1. The molecule has 0 spiro atoms. The van der Waals surface area contributed by atoms with Crippen LogP contribution in [0.15, 0.2) is 36.4 Å². The summed E-state index contributed by atoms with van der Waals surface area (Å²) in [4.78, 5) is 27.1. The molecule has 0 bridgehead atoms. The monoisotopic (exact) mass is 403 g/mol. The maximum absolute atomic E-state index is 12.1. The van der Waals surface area contributed by atoms with Crippen LogP contribution >= 0.6 is 23.1 Å². The minimum Gasteiger partial charge on any atom is -0.490 e. The number of thiazole rings is 1. The number of nitrogens with zero attached hydrogens (tertiary/aromatic N) is 2. The molecular weight excluding hydrogens is 386 g/mol. The number of fused-ring (bicyclic) bond motifs is 1. The quantitative estimate of drug-likeness (QED) is 0.464. The van der Waals surface area contributed by atoms with Gasteiger partial charge in [0.1, 0.15) is 0 Å². The van der Waals surface area contributed by atoms with E-state index in [4.69, 9.17) is 4.74 Å². The second-order valence-corrected chi connectivity index (χ2v) is 7.94. The highest BCUT2D eigenvalue weighted by atomic mass is 32.2. The van der Waals surface area contributed by atoms with E-state index in [1.54, 1.807) is 23.5 Å². The van der Waals surface area contributed by atoms with E-state index in [2.05, 4.69) is 10.3 Å². The average Bonchev–Trinajstić information content (AvgIpc) is 3.00. The van der Waals surface area contributed by atoms with Crippen LogP contribution in [-0.2, 0) is 10.5 Å². The summed E-state index contributed by atoms with van der Waals surface area (Å²) < 4.78 is 6.02. The summed E-state index contributed by atoms with van der Waals surface area (Å²) in [5.41, 5.74) is 2.35. The Bertz CT molecular complexity index is 1000. The number of ether oxygens (including phenoxy) is 1. The van der Waals surface area contributed by atoms with Crippen LogP contribution in [0, 0.1) is 17.0 Å². The molecule has 27 heavy (non-hydrogen) atoms. The fourth-order valence-electron chi connectivity index (χ4n) is 2.54. The lowest BCUT2D eigenvalue weighted by molar-refractivity contribution is -0.385. The fraction of sp³-hybridized carbons (Fsp3) is 0.222. The number of rotatable bonds is 7. The Labute approximate surface area is 163 Å². The van der Waals surface area contributed by atoms with Gasteiger partial charge in [-0.15, -0.1) is 23.1 Å². The van der Waals surface area contributed by atoms with Crippen LogP contribution in [-0.4, -0.2) is 28.7 Å². The number of nitro groups is 1. The van der Waals surface area contributed by atoms with Crippen LogP contribution in [0.2, 0.25) is 0 Å². The Kier molecular flexibility index (Phi) is 5.92. The van der Waals surface area contributed by atoms with Gasteiger partial charge in [0, 0.05) is 17.5 Å². The molecule has 0 unspecified atom stereocenters. The second-order valence-electron chi connectivity index (χ2n) is 5.72. The van der Waals surface area contributed by atoms with Crippen molar-refractivity contribution in [2.75, 3.05) is 18.2 Å². The van der Waals surface area contributed by atoms with E-state index in [1.165, 1.54) is 24.9 Å². The standard InChI is InChI=1S/C18H17N3O4S2/c1-11-19-14-5-4-13(8-17(14)27-11)20-18(22)10-26-9-12-3-6-16(25-2)15(7-12)21(23)24/h3-8H,9-10H2,1-2H3,(H,20,22). The van der Waals surface area contributed by atoms with Crippen LogP contribution in [0.1, 0.15) is 10.6 Å². The van der Waals surface area contributed by atoms with Gasteiger partial charge in [-0.05, 0) is 36.8 Å². The molecular formula is C18H17N3O4S2. The van der Waals surface area contributed by atoms with Gasteiger partial charge >= 0.3 is 5.69 Å². The molecule has 9 heteroatoms. The average molecular weight is 403 g/mol. The number of hydrogen-bond donors (Lipinski definition) is 1. The highest BCUT2D eigenvalue weighted by Gasteiger charge is 2.15. The highest BCUT2D eigenvalue weighted by molar-refractivity contribution is 7.99. The van der Waals surface area contributed by atoms with Crippen LogP contribution in [0.5, 0.6) is 5.75 Å². The van der Waals surface area contributed by atoms with Gasteiger partial charge in [-0.1, -0.05) is 6.07 Å². The first-order chi connectivity index (χ1) is 13.0. The van der Waals surface area contributed by atoms with E-state index in [0.29, 0.717) is 5.75 Å². The van der Waals surface area contributed by atoms with E-state index < -0.39 is 4.92 Å².